The van der Waals surface area contributed by atoms with Crippen LogP contribution in [0.4, 0.5) is 5.13 Å². The zero-order chi connectivity index (χ0) is 17.9. The quantitative estimate of drug-likeness (QED) is 0.721. The highest BCUT2D eigenvalue weighted by Crippen LogP contribution is 2.29. The summed E-state index contributed by atoms with van der Waals surface area (Å²) in [7, 11) is 1.64. The fraction of sp³-hybridized carbons (Fsp3) is 0.389. The number of hydrogen-bond donors (Lipinski definition) is 1. The lowest BCUT2D eigenvalue weighted by molar-refractivity contribution is -0.117. The van der Waals surface area contributed by atoms with Gasteiger partial charge in [0.2, 0.25) is 5.91 Å². The van der Waals surface area contributed by atoms with Crippen LogP contribution in [0.25, 0.3) is 10.2 Å². The molecule has 0 saturated carbocycles. The fourth-order valence-corrected chi connectivity index (χ4v) is 4.27. The molecule has 0 radical (unpaired) electrons. The first-order valence-electron chi connectivity index (χ1n) is 8.67. The van der Waals surface area contributed by atoms with E-state index in [1.165, 1.54) is 11.3 Å². The third kappa shape index (κ3) is 3.71. The van der Waals surface area contributed by atoms with Crippen molar-refractivity contribution in [3.8, 4) is 5.75 Å². The van der Waals surface area contributed by atoms with E-state index in [4.69, 9.17) is 4.74 Å². The van der Waals surface area contributed by atoms with Crippen LogP contribution in [-0.4, -0.2) is 51.8 Å². The Hall–Kier alpha value is -2.45. The number of anilines is 1. The highest BCUT2D eigenvalue weighted by molar-refractivity contribution is 7.22. The van der Waals surface area contributed by atoms with E-state index < -0.39 is 0 Å². The van der Waals surface area contributed by atoms with Gasteiger partial charge in [-0.2, -0.15) is 5.10 Å². The van der Waals surface area contributed by atoms with Gasteiger partial charge in [0.05, 0.1) is 30.4 Å². The van der Waals surface area contributed by atoms with Crippen molar-refractivity contribution in [1.82, 2.24) is 19.7 Å². The molecule has 3 aromatic rings. The van der Waals surface area contributed by atoms with Crippen LogP contribution in [0.15, 0.2) is 36.7 Å². The predicted octanol–water partition coefficient (Wildman–Crippen LogP) is 2.60. The average molecular weight is 371 g/mol. The van der Waals surface area contributed by atoms with Crippen LogP contribution in [0, 0.1) is 0 Å². The molecule has 1 amide bonds. The third-order valence-corrected chi connectivity index (χ3v) is 5.58. The number of hydrogen-bond acceptors (Lipinski definition) is 6. The number of nitrogens with one attached hydrogen (secondary N) is 1. The molecule has 0 spiro atoms. The number of ether oxygens (including phenoxy) is 1. The minimum Gasteiger partial charge on any atom is -0.497 e. The summed E-state index contributed by atoms with van der Waals surface area (Å²) in [5.41, 5.74) is 0.865. The molecule has 7 nitrogen and oxygen atoms in total. The van der Waals surface area contributed by atoms with E-state index >= 15 is 0 Å². The van der Waals surface area contributed by atoms with E-state index in [1.807, 2.05) is 35.1 Å². The molecule has 4 rings (SSSR count). The lowest BCUT2D eigenvalue weighted by Crippen LogP contribution is -2.39. The topological polar surface area (TPSA) is 72.3 Å². The maximum absolute atomic E-state index is 12.5. The van der Waals surface area contributed by atoms with Gasteiger partial charge in [-0.05, 0) is 43.7 Å². The molecule has 26 heavy (non-hydrogen) atoms. The van der Waals surface area contributed by atoms with Gasteiger partial charge >= 0.3 is 0 Å². The van der Waals surface area contributed by atoms with Gasteiger partial charge in [-0.25, -0.2) is 4.98 Å². The summed E-state index contributed by atoms with van der Waals surface area (Å²) >= 11 is 1.46. The van der Waals surface area contributed by atoms with Gasteiger partial charge in [0.15, 0.2) is 5.13 Å². The summed E-state index contributed by atoms with van der Waals surface area (Å²) in [6, 6.07) is 7.98. The number of fused-ring (bicyclic) bond motifs is 1. The van der Waals surface area contributed by atoms with Crippen molar-refractivity contribution >= 4 is 32.6 Å². The molecule has 3 heterocycles. The van der Waals surface area contributed by atoms with Crippen LogP contribution >= 0.6 is 11.3 Å². The summed E-state index contributed by atoms with van der Waals surface area (Å²) in [4.78, 5) is 19.2. The maximum Gasteiger partial charge on any atom is 0.240 e. The molecule has 8 heteroatoms. The van der Waals surface area contributed by atoms with Crippen LogP contribution in [0.5, 0.6) is 5.75 Å². The number of likely N-dealkylation sites (tertiary alicyclic amines) is 1. The van der Waals surface area contributed by atoms with Crippen molar-refractivity contribution in [2.45, 2.75) is 25.4 Å². The molecule has 2 aromatic heterocycles. The van der Waals surface area contributed by atoms with Crippen molar-refractivity contribution in [3.05, 3.63) is 36.7 Å². The monoisotopic (exact) mass is 371 g/mol. The molecule has 0 bridgehead atoms. The Kier molecular flexibility index (Phi) is 4.85. The van der Waals surface area contributed by atoms with Gasteiger partial charge in [0, 0.05) is 18.4 Å². The number of carbonyl (C=O) groups is 1. The first-order chi connectivity index (χ1) is 12.7. The van der Waals surface area contributed by atoms with Crippen LogP contribution < -0.4 is 10.1 Å². The smallest absolute Gasteiger partial charge is 0.240 e. The van der Waals surface area contributed by atoms with E-state index in [2.05, 4.69) is 20.3 Å². The first kappa shape index (κ1) is 17.0. The maximum atomic E-state index is 12.5. The van der Waals surface area contributed by atoms with E-state index in [-0.39, 0.29) is 5.91 Å². The number of thiazole rings is 1. The lowest BCUT2D eigenvalue weighted by atomic mass is 10.2. The Morgan fingerprint density at radius 3 is 3.19 bits per heavy atom. The fourth-order valence-electron chi connectivity index (χ4n) is 3.36. The summed E-state index contributed by atoms with van der Waals surface area (Å²) < 4.78 is 8.16. The van der Waals surface area contributed by atoms with Crippen molar-refractivity contribution in [2.24, 2.45) is 0 Å². The minimum absolute atomic E-state index is 0.0246. The molecule has 0 aliphatic carbocycles. The molecule has 1 saturated heterocycles. The van der Waals surface area contributed by atoms with Gasteiger partial charge in [-0.3, -0.25) is 14.4 Å². The van der Waals surface area contributed by atoms with E-state index in [1.54, 1.807) is 13.3 Å². The van der Waals surface area contributed by atoms with Gasteiger partial charge in [-0.15, -0.1) is 0 Å². The van der Waals surface area contributed by atoms with Gasteiger partial charge in [-0.1, -0.05) is 11.3 Å². The van der Waals surface area contributed by atoms with Crippen LogP contribution in [0.1, 0.15) is 12.8 Å². The molecular weight excluding hydrogens is 350 g/mol. The molecule has 1 aliphatic heterocycles. The van der Waals surface area contributed by atoms with E-state index in [0.29, 0.717) is 17.7 Å². The normalized spacial score (nSPS) is 17.7. The average Bonchev–Trinajstić information content (AvgIpc) is 3.36. The highest BCUT2D eigenvalue weighted by atomic mass is 32.1. The second-order valence-corrected chi connectivity index (χ2v) is 7.43. The standard InChI is InChI=1S/C18H21N5O2S/c1-25-14-5-6-15-16(10-14)26-18(20-15)21-17(24)12-22-8-2-4-13(22)11-23-9-3-7-19-23/h3,5-7,9-10,13H,2,4,8,11-12H2,1H3,(H,20,21,24). The molecular formula is C18H21N5O2S. The SMILES string of the molecule is COc1ccc2nc(NC(=O)CN3CCCC3Cn3cccn3)sc2c1. The lowest BCUT2D eigenvalue weighted by Gasteiger charge is -2.23. The van der Waals surface area contributed by atoms with Gasteiger partial charge < -0.3 is 10.1 Å². The molecule has 1 unspecified atom stereocenters. The number of aromatic nitrogens is 3. The highest BCUT2D eigenvalue weighted by Gasteiger charge is 2.26. The van der Waals surface area contributed by atoms with Crippen molar-refractivity contribution < 1.29 is 9.53 Å². The van der Waals surface area contributed by atoms with Gasteiger partial charge in [0.1, 0.15) is 5.75 Å². The van der Waals surface area contributed by atoms with Crippen molar-refractivity contribution in [1.29, 1.82) is 0 Å². The zero-order valence-electron chi connectivity index (χ0n) is 14.6. The molecule has 1 aromatic carbocycles. The van der Waals surface area contributed by atoms with E-state index in [9.17, 15) is 4.79 Å². The van der Waals surface area contributed by atoms with Crippen molar-refractivity contribution in [3.63, 3.8) is 0 Å². The second-order valence-electron chi connectivity index (χ2n) is 6.40. The molecule has 1 fully saturated rings. The molecule has 1 atom stereocenters. The molecule has 1 aliphatic rings. The minimum atomic E-state index is -0.0246. The number of rotatable bonds is 6. The van der Waals surface area contributed by atoms with E-state index in [0.717, 1.165) is 41.9 Å². The largest absolute Gasteiger partial charge is 0.497 e. The number of nitrogens with zero attached hydrogens (tertiary/aromatic N) is 4. The Balaban J connectivity index is 1.38. The number of amides is 1. The zero-order valence-corrected chi connectivity index (χ0v) is 15.4. The Bertz CT molecular complexity index is 892. The third-order valence-electron chi connectivity index (χ3n) is 4.64. The Morgan fingerprint density at radius 2 is 2.38 bits per heavy atom. The number of benzene rings is 1. The summed E-state index contributed by atoms with van der Waals surface area (Å²) in [6.45, 7) is 2.14. The number of carbonyl (C=O) groups excluding carboxylic acids is 1. The van der Waals surface area contributed by atoms with Crippen LogP contribution in [0.3, 0.4) is 0 Å². The van der Waals surface area contributed by atoms with Crippen LogP contribution in [-0.2, 0) is 11.3 Å². The summed E-state index contributed by atoms with van der Waals surface area (Å²) in [6.07, 6.45) is 5.95. The van der Waals surface area contributed by atoms with Crippen molar-refractivity contribution in [2.75, 3.05) is 25.5 Å². The summed E-state index contributed by atoms with van der Waals surface area (Å²) in [5, 5.41) is 7.84. The Labute approximate surface area is 155 Å². The summed E-state index contributed by atoms with van der Waals surface area (Å²) in [5.74, 6) is 0.765. The first-order valence-corrected chi connectivity index (χ1v) is 9.49. The van der Waals surface area contributed by atoms with Crippen LogP contribution in [0.2, 0.25) is 0 Å². The number of methoxy groups -OCH3 is 1. The molecule has 1 N–H and O–H groups in total. The van der Waals surface area contributed by atoms with Gasteiger partial charge in [0.25, 0.3) is 0 Å². The molecule has 136 valence electrons. The second kappa shape index (κ2) is 7.43. The Morgan fingerprint density at radius 1 is 1.46 bits per heavy atom. The predicted molar refractivity (Wildman–Crippen MR) is 102 cm³/mol.